The Morgan fingerprint density at radius 1 is 1.15 bits per heavy atom. The molecule has 0 aliphatic heterocycles. The van der Waals surface area contributed by atoms with E-state index in [2.05, 4.69) is 20.4 Å². The summed E-state index contributed by atoms with van der Waals surface area (Å²) in [5.41, 5.74) is 1.30. The fourth-order valence-corrected chi connectivity index (χ4v) is 1.73. The molecule has 2 aromatic rings. The minimum absolute atomic E-state index is 0.459. The SMILES string of the molecule is COC(=O)Nc1ccc(Nc2ccc(Cl)c(Cl)c2)nc1. The van der Waals surface area contributed by atoms with Gasteiger partial charge in [-0.15, -0.1) is 0 Å². The highest BCUT2D eigenvalue weighted by atomic mass is 35.5. The van der Waals surface area contributed by atoms with Gasteiger partial charge in [0, 0.05) is 5.69 Å². The molecule has 5 nitrogen and oxygen atoms in total. The molecule has 7 heteroatoms. The lowest BCUT2D eigenvalue weighted by molar-refractivity contribution is 0.187. The molecule has 2 rings (SSSR count). The molecule has 0 spiro atoms. The van der Waals surface area contributed by atoms with Crippen LogP contribution in [0.4, 0.5) is 22.0 Å². The third-order valence-corrected chi connectivity index (χ3v) is 3.13. The number of aromatic nitrogens is 1. The molecule has 20 heavy (non-hydrogen) atoms. The van der Waals surface area contributed by atoms with Crippen LogP contribution < -0.4 is 10.6 Å². The van der Waals surface area contributed by atoms with Crippen molar-refractivity contribution in [3.63, 3.8) is 0 Å². The molecule has 1 heterocycles. The largest absolute Gasteiger partial charge is 0.453 e. The zero-order valence-electron chi connectivity index (χ0n) is 10.5. The number of rotatable bonds is 3. The number of ether oxygens (including phenoxy) is 1. The molecule has 1 aromatic heterocycles. The zero-order valence-corrected chi connectivity index (χ0v) is 12.0. The molecule has 0 bridgehead atoms. The third kappa shape index (κ3) is 3.76. The lowest BCUT2D eigenvalue weighted by Crippen LogP contribution is -2.11. The number of hydrogen-bond acceptors (Lipinski definition) is 4. The molecule has 1 amide bonds. The molecule has 0 unspecified atom stereocenters. The van der Waals surface area contributed by atoms with E-state index in [1.54, 1.807) is 30.3 Å². The smallest absolute Gasteiger partial charge is 0.411 e. The number of anilines is 3. The highest BCUT2D eigenvalue weighted by Crippen LogP contribution is 2.26. The van der Waals surface area contributed by atoms with Crippen molar-refractivity contribution in [3.05, 3.63) is 46.6 Å². The number of carbonyl (C=O) groups excluding carboxylic acids is 1. The van der Waals surface area contributed by atoms with Gasteiger partial charge in [-0.2, -0.15) is 0 Å². The van der Waals surface area contributed by atoms with Gasteiger partial charge in [-0.1, -0.05) is 23.2 Å². The molecule has 104 valence electrons. The van der Waals surface area contributed by atoms with Crippen molar-refractivity contribution in [2.75, 3.05) is 17.7 Å². The summed E-state index contributed by atoms with van der Waals surface area (Å²) in [7, 11) is 1.29. The summed E-state index contributed by atoms with van der Waals surface area (Å²) < 4.78 is 4.48. The van der Waals surface area contributed by atoms with Gasteiger partial charge in [0.1, 0.15) is 5.82 Å². The van der Waals surface area contributed by atoms with Crippen LogP contribution in [0, 0.1) is 0 Å². The summed E-state index contributed by atoms with van der Waals surface area (Å²) in [5.74, 6) is 0.610. The summed E-state index contributed by atoms with van der Waals surface area (Å²) in [6.45, 7) is 0. The van der Waals surface area contributed by atoms with E-state index in [4.69, 9.17) is 23.2 Å². The van der Waals surface area contributed by atoms with Crippen LogP contribution in [0.15, 0.2) is 36.5 Å². The number of nitrogens with one attached hydrogen (secondary N) is 2. The van der Waals surface area contributed by atoms with Gasteiger partial charge in [0.05, 0.1) is 29.0 Å². The molecule has 2 N–H and O–H groups in total. The Labute approximate surface area is 125 Å². The summed E-state index contributed by atoms with van der Waals surface area (Å²) >= 11 is 11.8. The molecular weight excluding hydrogens is 301 g/mol. The zero-order chi connectivity index (χ0) is 14.5. The first-order chi connectivity index (χ1) is 9.58. The van der Waals surface area contributed by atoms with Crippen LogP contribution in [0.25, 0.3) is 0 Å². The number of amides is 1. The van der Waals surface area contributed by atoms with Gasteiger partial charge in [-0.25, -0.2) is 9.78 Å². The van der Waals surface area contributed by atoms with Crippen molar-refractivity contribution in [1.82, 2.24) is 4.98 Å². The first kappa shape index (κ1) is 14.4. The maximum Gasteiger partial charge on any atom is 0.411 e. The van der Waals surface area contributed by atoms with Gasteiger partial charge >= 0.3 is 6.09 Å². The van der Waals surface area contributed by atoms with E-state index in [-0.39, 0.29) is 0 Å². The van der Waals surface area contributed by atoms with E-state index < -0.39 is 6.09 Å². The monoisotopic (exact) mass is 311 g/mol. The molecule has 0 aliphatic rings. The van der Waals surface area contributed by atoms with Crippen LogP contribution in [0.1, 0.15) is 0 Å². The van der Waals surface area contributed by atoms with E-state index >= 15 is 0 Å². The lowest BCUT2D eigenvalue weighted by Gasteiger charge is -2.08. The summed E-state index contributed by atoms with van der Waals surface area (Å²) in [5, 5.41) is 6.53. The molecule has 0 atom stereocenters. The highest BCUT2D eigenvalue weighted by molar-refractivity contribution is 6.42. The van der Waals surface area contributed by atoms with Crippen LogP contribution in [0.5, 0.6) is 0 Å². The summed E-state index contributed by atoms with van der Waals surface area (Å²) in [6, 6.07) is 8.60. The second kappa shape index (κ2) is 6.45. The third-order valence-electron chi connectivity index (χ3n) is 2.39. The fraction of sp³-hybridized carbons (Fsp3) is 0.0769. The van der Waals surface area contributed by atoms with Crippen molar-refractivity contribution >= 4 is 46.5 Å². The van der Waals surface area contributed by atoms with Crippen LogP contribution in [-0.2, 0) is 4.74 Å². The van der Waals surface area contributed by atoms with Gasteiger partial charge < -0.3 is 10.1 Å². The van der Waals surface area contributed by atoms with E-state index in [1.165, 1.54) is 13.3 Å². The molecule has 0 radical (unpaired) electrons. The summed E-state index contributed by atoms with van der Waals surface area (Å²) in [4.78, 5) is 15.2. The Kier molecular flexibility index (Phi) is 4.65. The number of benzene rings is 1. The molecular formula is C13H11Cl2N3O2. The quantitative estimate of drug-likeness (QED) is 0.886. The Balaban J connectivity index is 2.06. The fourth-order valence-electron chi connectivity index (χ4n) is 1.43. The number of methoxy groups -OCH3 is 1. The second-order valence-electron chi connectivity index (χ2n) is 3.80. The predicted octanol–water partition coefficient (Wildman–Crippen LogP) is 4.31. The minimum atomic E-state index is -0.544. The van der Waals surface area contributed by atoms with Crippen molar-refractivity contribution < 1.29 is 9.53 Å². The van der Waals surface area contributed by atoms with Crippen LogP contribution in [-0.4, -0.2) is 18.2 Å². The van der Waals surface area contributed by atoms with Crippen LogP contribution >= 0.6 is 23.2 Å². The normalized spacial score (nSPS) is 9.95. The maximum absolute atomic E-state index is 11.0. The van der Waals surface area contributed by atoms with Gasteiger partial charge in [-0.05, 0) is 30.3 Å². The highest BCUT2D eigenvalue weighted by Gasteiger charge is 2.03. The van der Waals surface area contributed by atoms with E-state index in [1.807, 2.05) is 0 Å². The Morgan fingerprint density at radius 3 is 2.50 bits per heavy atom. The number of carbonyl (C=O) groups is 1. The standard InChI is InChI=1S/C13H11Cl2N3O2/c1-20-13(19)18-9-3-5-12(16-7-9)17-8-2-4-10(14)11(15)6-8/h2-7H,1H3,(H,16,17)(H,18,19). The van der Waals surface area contributed by atoms with Crippen molar-refractivity contribution in [2.24, 2.45) is 0 Å². The van der Waals surface area contributed by atoms with Crippen molar-refractivity contribution in [3.8, 4) is 0 Å². The van der Waals surface area contributed by atoms with Crippen molar-refractivity contribution in [1.29, 1.82) is 0 Å². The first-order valence-corrected chi connectivity index (χ1v) is 6.37. The van der Waals surface area contributed by atoms with Crippen LogP contribution in [0.2, 0.25) is 10.0 Å². The maximum atomic E-state index is 11.0. The first-order valence-electron chi connectivity index (χ1n) is 5.61. The molecule has 0 saturated heterocycles. The Hall–Kier alpha value is -1.98. The number of hydrogen-bond donors (Lipinski definition) is 2. The van der Waals surface area contributed by atoms with E-state index in [0.717, 1.165) is 5.69 Å². The Bertz CT molecular complexity index is 618. The predicted molar refractivity (Wildman–Crippen MR) is 80.0 cm³/mol. The van der Waals surface area contributed by atoms with Gasteiger partial charge in [0.25, 0.3) is 0 Å². The molecule has 0 saturated carbocycles. The topological polar surface area (TPSA) is 63.2 Å². The van der Waals surface area contributed by atoms with Gasteiger partial charge in [0.2, 0.25) is 0 Å². The van der Waals surface area contributed by atoms with E-state index in [0.29, 0.717) is 21.6 Å². The molecule has 0 fully saturated rings. The number of pyridine rings is 1. The van der Waals surface area contributed by atoms with Gasteiger partial charge in [-0.3, -0.25) is 5.32 Å². The lowest BCUT2D eigenvalue weighted by atomic mass is 10.3. The number of halogens is 2. The molecule has 0 aliphatic carbocycles. The average Bonchev–Trinajstić information content (AvgIpc) is 2.45. The molecule has 1 aromatic carbocycles. The van der Waals surface area contributed by atoms with Gasteiger partial charge in [0.15, 0.2) is 0 Å². The second-order valence-corrected chi connectivity index (χ2v) is 4.62. The number of nitrogens with zero attached hydrogens (tertiary/aromatic N) is 1. The summed E-state index contributed by atoms with van der Waals surface area (Å²) in [6.07, 6.45) is 0.966. The van der Waals surface area contributed by atoms with E-state index in [9.17, 15) is 4.79 Å². The van der Waals surface area contributed by atoms with Crippen LogP contribution in [0.3, 0.4) is 0 Å². The van der Waals surface area contributed by atoms with Crippen molar-refractivity contribution in [2.45, 2.75) is 0 Å². The Morgan fingerprint density at radius 2 is 1.90 bits per heavy atom. The average molecular weight is 312 g/mol. The minimum Gasteiger partial charge on any atom is -0.453 e.